The van der Waals surface area contributed by atoms with Crippen molar-refractivity contribution in [3.05, 3.63) is 35.9 Å². The summed E-state index contributed by atoms with van der Waals surface area (Å²) in [7, 11) is 3.38. The summed E-state index contributed by atoms with van der Waals surface area (Å²) in [4.78, 5) is 12.7. The van der Waals surface area contributed by atoms with Crippen molar-refractivity contribution in [1.82, 2.24) is 15.0 Å². The van der Waals surface area contributed by atoms with Crippen LogP contribution < -0.4 is 15.4 Å². The van der Waals surface area contributed by atoms with E-state index in [-0.39, 0.29) is 0 Å². The highest BCUT2D eigenvalue weighted by Crippen LogP contribution is 2.28. The molecule has 6 heteroatoms. The van der Waals surface area contributed by atoms with Gasteiger partial charge in [-0.2, -0.15) is 0 Å². The lowest BCUT2D eigenvalue weighted by molar-refractivity contribution is 0.415. The van der Waals surface area contributed by atoms with Crippen LogP contribution in [0.15, 0.2) is 24.5 Å². The van der Waals surface area contributed by atoms with Gasteiger partial charge >= 0.3 is 0 Å². The fourth-order valence-electron chi connectivity index (χ4n) is 1.74. The van der Waals surface area contributed by atoms with Gasteiger partial charge in [-0.3, -0.25) is 4.98 Å². The number of nitrogens with zero attached hydrogens (tertiary/aromatic N) is 3. The predicted molar refractivity (Wildman–Crippen MR) is 74.4 cm³/mol. The molecule has 0 unspecified atom stereocenters. The molecule has 0 fully saturated rings. The van der Waals surface area contributed by atoms with E-state index in [0.717, 1.165) is 11.4 Å². The molecule has 0 bridgehead atoms. The van der Waals surface area contributed by atoms with Gasteiger partial charge in [-0.25, -0.2) is 9.97 Å². The van der Waals surface area contributed by atoms with Gasteiger partial charge in [0.25, 0.3) is 0 Å². The van der Waals surface area contributed by atoms with Gasteiger partial charge in [0, 0.05) is 12.7 Å². The van der Waals surface area contributed by atoms with E-state index in [1.807, 2.05) is 25.1 Å². The molecule has 2 heterocycles. The Balaban J connectivity index is 2.15. The van der Waals surface area contributed by atoms with Gasteiger partial charge in [0.2, 0.25) is 5.75 Å². The van der Waals surface area contributed by atoms with Gasteiger partial charge in [-0.1, -0.05) is 6.07 Å². The summed E-state index contributed by atoms with van der Waals surface area (Å²) in [5.41, 5.74) is 1.94. The average Bonchev–Trinajstić information content (AvgIpc) is 2.44. The lowest BCUT2D eigenvalue weighted by atomic mass is 10.3. The second-order valence-corrected chi connectivity index (χ2v) is 3.98. The maximum Gasteiger partial charge on any atom is 0.204 e. The monoisotopic (exact) mass is 259 g/mol. The van der Waals surface area contributed by atoms with Gasteiger partial charge < -0.3 is 15.4 Å². The van der Waals surface area contributed by atoms with E-state index in [0.29, 0.717) is 23.9 Å². The Hall–Kier alpha value is -2.37. The molecule has 0 saturated carbocycles. The zero-order valence-corrected chi connectivity index (χ0v) is 11.3. The number of hydrogen-bond donors (Lipinski definition) is 2. The van der Waals surface area contributed by atoms with Crippen molar-refractivity contribution in [2.75, 3.05) is 24.8 Å². The summed E-state index contributed by atoms with van der Waals surface area (Å²) in [5.74, 6) is 1.89. The van der Waals surface area contributed by atoms with E-state index in [1.54, 1.807) is 14.2 Å². The van der Waals surface area contributed by atoms with E-state index in [2.05, 4.69) is 25.6 Å². The van der Waals surface area contributed by atoms with Gasteiger partial charge in [-0.05, 0) is 19.1 Å². The second-order valence-electron chi connectivity index (χ2n) is 3.98. The second kappa shape index (κ2) is 5.99. The van der Waals surface area contributed by atoms with Gasteiger partial charge in [0.05, 0.1) is 19.3 Å². The molecule has 100 valence electrons. The molecule has 0 amide bonds. The number of anilines is 2. The summed E-state index contributed by atoms with van der Waals surface area (Å²) in [6, 6.07) is 5.91. The molecular formula is C13H17N5O. The standard InChI is InChI=1S/C13H17N5O/c1-9-5-4-6-10(18-9)7-15-13-11(19-3)12(14-2)16-8-17-13/h4-6,8H,7H2,1-3H3,(H2,14,15,16,17). The minimum atomic E-state index is 0.582. The summed E-state index contributed by atoms with van der Waals surface area (Å²) in [6.07, 6.45) is 1.49. The number of nitrogens with one attached hydrogen (secondary N) is 2. The quantitative estimate of drug-likeness (QED) is 0.853. The third-order valence-corrected chi connectivity index (χ3v) is 2.63. The third kappa shape index (κ3) is 3.09. The van der Waals surface area contributed by atoms with Crippen LogP contribution in [0, 0.1) is 6.92 Å². The first kappa shape index (κ1) is 13.1. The Morgan fingerprint density at radius 1 is 1.21 bits per heavy atom. The topological polar surface area (TPSA) is 72.0 Å². The highest BCUT2D eigenvalue weighted by molar-refractivity contribution is 5.63. The fourth-order valence-corrected chi connectivity index (χ4v) is 1.74. The first-order valence-corrected chi connectivity index (χ1v) is 5.97. The summed E-state index contributed by atoms with van der Waals surface area (Å²) >= 11 is 0. The highest BCUT2D eigenvalue weighted by atomic mass is 16.5. The Labute approximate surface area is 112 Å². The molecule has 6 nitrogen and oxygen atoms in total. The van der Waals surface area contributed by atoms with Crippen LogP contribution in [-0.2, 0) is 6.54 Å². The summed E-state index contributed by atoms with van der Waals surface area (Å²) in [6.45, 7) is 2.55. The van der Waals surface area contributed by atoms with Crippen LogP contribution in [0.5, 0.6) is 5.75 Å². The Bertz CT molecular complexity index is 558. The minimum absolute atomic E-state index is 0.582. The van der Waals surface area contributed by atoms with E-state index < -0.39 is 0 Å². The number of aromatic nitrogens is 3. The molecule has 0 saturated heterocycles. The van der Waals surface area contributed by atoms with Crippen LogP contribution in [0.25, 0.3) is 0 Å². The van der Waals surface area contributed by atoms with Gasteiger partial charge in [0.15, 0.2) is 11.6 Å². The van der Waals surface area contributed by atoms with Crippen LogP contribution in [-0.4, -0.2) is 29.1 Å². The number of ether oxygens (including phenoxy) is 1. The Morgan fingerprint density at radius 2 is 2.00 bits per heavy atom. The first-order chi connectivity index (χ1) is 9.24. The lowest BCUT2D eigenvalue weighted by Gasteiger charge is -2.12. The molecule has 19 heavy (non-hydrogen) atoms. The van der Waals surface area contributed by atoms with Crippen LogP contribution in [0.1, 0.15) is 11.4 Å². The van der Waals surface area contributed by atoms with Crippen LogP contribution in [0.2, 0.25) is 0 Å². The molecule has 2 aromatic rings. The Kier molecular flexibility index (Phi) is 4.12. The van der Waals surface area contributed by atoms with E-state index in [4.69, 9.17) is 4.74 Å². The van der Waals surface area contributed by atoms with Crippen molar-refractivity contribution in [3.8, 4) is 5.75 Å². The number of aryl methyl sites for hydroxylation is 1. The van der Waals surface area contributed by atoms with Crippen molar-refractivity contribution in [2.24, 2.45) is 0 Å². The third-order valence-electron chi connectivity index (χ3n) is 2.63. The van der Waals surface area contributed by atoms with Crippen LogP contribution in [0.4, 0.5) is 11.6 Å². The molecule has 0 atom stereocenters. The maximum atomic E-state index is 5.31. The molecule has 2 N–H and O–H groups in total. The number of pyridine rings is 1. The van der Waals surface area contributed by atoms with E-state index in [9.17, 15) is 0 Å². The van der Waals surface area contributed by atoms with Gasteiger partial charge in [0.1, 0.15) is 6.33 Å². The maximum absolute atomic E-state index is 5.31. The van der Waals surface area contributed by atoms with Gasteiger partial charge in [-0.15, -0.1) is 0 Å². The number of methoxy groups -OCH3 is 1. The molecule has 0 radical (unpaired) electrons. The number of hydrogen-bond acceptors (Lipinski definition) is 6. The van der Waals surface area contributed by atoms with Crippen molar-refractivity contribution in [3.63, 3.8) is 0 Å². The minimum Gasteiger partial charge on any atom is -0.490 e. The molecule has 0 aliphatic heterocycles. The SMILES string of the molecule is CNc1ncnc(NCc2cccc(C)n2)c1OC. The summed E-state index contributed by atoms with van der Waals surface area (Å²) < 4.78 is 5.31. The summed E-state index contributed by atoms with van der Waals surface area (Å²) in [5, 5.41) is 6.17. The molecule has 0 aliphatic rings. The lowest BCUT2D eigenvalue weighted by Crippen LogP contribution is -2.07. The zero-order valence-electron chi connectivity index (χ0n) is 11.3. The van der Waals surface area contributed by atoms with Crippen molar-refractivity contribution >= 4 is 11.6 Å². The average molecular weight is 259 g/mol. The van der Waals surface area contributed by atoms with Crippen molar-refractivity contribution in [1.29, 1.82) is 0 Å². The molecule has 2 aromatic heterocycles. The largest absolute Gasteiger partial charge is 0.490 e. The van der Waals surface area contributed by atoms with E-state index in [1.165, 1.54) is 6.33 Å². The smallest absolute Gasteiger partial charge is 0.204 e. The molecular weight excluding hydrogens is 242 g/mol. The Morgan fingerprint density at radius 3 is 2.68 bits per heavy atom. The molecule has 0 aliphatic carbocycles. The number of rotatable bonds is 5. The van der Waals surface area contributed by atoms with Crippen LogP contribution >= 0.6 is 0 Å². The molecule has 0 aromatic carbocycles. The first-order valence-electron chi connectivity index (χ1n) is 5.97. The normalized spacial score (nSPS) is 10.1. The molecule has 0 spiro atoms. The van der Waals surface area contributed by atoms with Crippen LogP contribution in [0.3, 0.4) is 0 Å². The fraction of sp³-hybridized carbons (Fsp3) is 0.308. The predicted octanol–water partition coefficient (Wildman–Crippen LogP) is 1.84. The van der Waals surface area contributed by atoms with Crippen molar-refractivity contribution < 1.29 is 4.74 Å². The van der Waals surface area contributed by atoms with Crippen molar-refractivity contribution in [2.45, 2.75) is 13.5 Å². The highest BCUT2D eigenvalue weighted by Gasteiger charge is 2.10. The zero-order chi connectivity index (χ0) is 13.7. The molecule has 2 rings (SSSR count). The van der Waals surface area contributed by atoms with E-state index >= 15 is 0 Å².